The van der Waals surface area contributed by atoms with Crippen LogP contribution < -0.4 is 0 Å². The van der Waals surface area contributed by atoms with Gasteiger partial charge in [-0.3, -0.25) is 0 Å². The number of carbonyl (C=O) groups is 1. The molecular formula is C15H11Br2NO3. The van der Waals surface area contributed by atoms with E-state index in [0.717, 1.165) is 8.95 Å². The molecule has 0 heterocycles. The van der Waals surface area contributed by atoms with Crippen LogP contribution in [0.5, 0.6) is 0 Å². The standard InChI is InChI=1S/C15H11Br2NO3/c16-12-5-1-10(2-6-12)14(18-20)9-21-15(19)11-3-7-13(17)8-4-11/h1-8,20H,9H2/b18-14-. The number of ether oxygens (including phenoxy) is 1. The van der Waals surface area contributed by atoms with Crippen molar-refractivity contribution in [3.8, 4) is 0 Å². The monoisotopic (exact) mass is 411 g/mol. The van der Waals surface area contributed by atoms with E-state index >= 15 is 0 Å². The van der Waals surface area contributed by atoms with Gasteiger partial charge >= 0.3 is 5.97 Å². The quantitative estimate of drug-likeness (QED) is 0.353. The minimum absolute atomic E-state index is 0.104. The molecule has 0 saturated heterocycles. The molecular weight excluding hydrogens is 402 g/mol. The first kappa shape index (κ1) is 15.7. The molecule has 21 heavy (non-hydrogen) atoms. The zero-order valence-corrected chi connectivity index (χ0v) is 14.0. The van der Waals surface area contributed by atoms with Crippen molar-refractivity contribution in [1.82, 2.24) is 0 Å². The molecule has 2 aromatic rings. The summed E-state index contributed by atoms with van der Waals surface area (Å²) in [6.45, 7) is -0.104. The third-order valence-electron chi connectivity index (χ3n) is 2.72. The molecule has 0 atom stereocenters. The molecule has 2 aromatic carbocycles. The Morgan fingerprint density at radius 3 is 1.90 bits per heavy atom. The average molecular weight is 413 g/mol. The molecule has 108 valence electrons. The first-order chi connectivity index (χ1) is 10.1. The van der Waals surface area contributed by atoms with Crippen LogP contribution in [-0.4, -0.2) is 23.5 Å². The molecule has 0 aliphatic heterocycles. The zero-order chi connectivity index (χ0) is 15.2. The Morgan fingerprint density at radius 2 is 1.43 bits per heavy atom. The molecule has 0 radical (unpaired) electrons. The summed E-state index contributed by atoms with van der Waals surface area (Å²) in [6.07, 6.45) is 0. The Labute approximate surface area is 138 Å². The maximum atomic E-state index is 11.9. The zero-order valence-electron chi connectivity index (χ0n) is 10.8. The molecule has 0 saturated carbocycles. The lowest BCUT2D eigenvalue weighted by molar-refractivity contribution is 0.0562. The van der Waals surface area contributed by atoms with Crippen molar-refractivity contribution in [2.75, 3.05) is 6.61 Å². The van der Waals surface area contributed by atoms with E-state index in [-0.39, 0.29) is 12.3 Å². The summed E-state index contributed by atoms with van der Waals surface area (Å²) >= 11 is 6.62. The van der Waals surface area contributed by atoms with Gasteiger partial charge in [0.15, 0.2) is 0 Å². The number of hydrogen-bond donors (Lipinski definition) is 1. The molecule has 0 unspecified atom stereocenters. The van der Waals surface area contributed by atoms with Crippen LogP contribution in [0.2, 0.25) is 0 Å². The summed E-state index contributed by atoms with van der Waals surface area (Å²) in [5, 5.41) is 12.2. The van der Waals surface area contributed by atoms with Crippen molar-refractivity contribution in [2.45, 2.75) is 0 Å². The number of oxime groups is 1. The fraction of sp³-hybridized carbons (Fsp3) is 0.0667. The van der Waals surface area contributed by atoms with E-state index in [0.29, 0.717) is 11.1 Å². The van der Waals surface area contributed by atoms with E-state index in [4.69, 9.17) is 9.94 Å². The third kappa shape index (κ3) is 4.41. The van der Waals surface area contributed by atoms with E-state index in [1.54, 1.807) is 36.4 Å². The van der Waals surface area contributed by atoms with Crippen LogP contribution in [0, 0.1) is 0 Å². The lowest BCUT2D eigenvalue weighted by Gasteiger charge is -2.07. The first-order valence-electron chi connectivity index (χ1n) is 5.99. The fourth-order valence-corrected chi connectivity index (χ4v) is 2.14. The van der Waals surface area contributed by atoms with Gasteiger partial charge in [-0.2, -0.15) is 0 Å². The van der Waals surface area contributed by atoms with E-state index in [2.05, 4.69) is 37.0 Å². The highest BCUT2D eigenvalue weighted by molar-refractivity contribution is 9.10. The van der Waals surface area contributed by atoms with E-state index in [1.165, 1.54) is 0 Å². The number of hydrogen-bond acceptors (Lipinski definition) is 4. The van der Waals surface area contributed by atoms with Gasteiger partial charge in [0, 0.05) is 14.5 Å². The second-order valence-electron chi connectivity index (χ2n) is 4.14. The molecule has 0 aromatic heterocycles. The van der Waals surface area contributed by atoms with Gasteiger partial charge in [0.1, 0.15) is 12.3 Å². The van der Waals surface area contributed by atoms with E-state index in [9.17, 15) is 4.79 Å². The second kappa shape index (κ2) is 7.38. The van der Waals surface area contributed by atoms with Crippen LogP contribution in [-0.2, 0) is 4.74 Å². The van der Waals surface area contributed by atoms with Crippen molar-refractivity contribution in [2.24, 2.45) is 5.16 Å². The molecule has 0 fully saturated rings. The Morgan fingerprint density at radius 1 is 0.952 bits per heavy atom. The van der Waals surface area contributed by atoms with Crippen LogP contribution in [0.1, 0.15) is 15.9 Å². The maximum absolute atomic E-state index is 11.9. The van der Waals surface area contributed by atoms with Gasteiger partial charge in [0.05, 0.1) is 5.56 Å². The Hall–Kier alpha value is -1.66. The van der Waals surface area contributed by atoms with Crippen LogP contribution in [0.15, 0.2) is 62.6 Å². The molecule has 2 rings (SSSR count). The van der Waals surface area contributed by atoms with Crippen molar-refractivity contribution in [1.29, 1.82) is 0 Å². The highest BCUT2D eigenvalue weighted by atomic mass is 79.9. The minimum atomic E-state index is -0.472. The van der Waals surface area contributed by atoms with Crippen molar-refractivity contribution in [3.05, 3.63) is 68.6 Å². The number of benzene rings is 2. The van der Waals surface area contributed by atoms with E-state index in [1.807, 2.05) is 12.1 Å². The van der Waals surface area contributed by atoms with Crippen LogP contribution in [0.25, 0.3) is 0 Å². The predicted molar refractivity (Wildman–Crippen MR) is 86.9 cm³/mol. The van der Waals surface area contributed by atoms with E-state index < -0.39 is 5.97 Å². The number of halogens is 2. The summed E-state index contributed by atoms with van der Waals surface area (Å²) in [4.78, 5) is 11.9. The fourth-order valence-electron chi connectivity index (χ4n) is 1.62. The summed E-state index contributed by atoms with van der Waals surface area (Å²) in [5.41, 5.74) is 1.41. The van der Waals surface area contributed by atoms with Gasteiger partial charge < -0.3 is 9.94 Å². The smallest absolute Gasteiger partial charge is 0.338 e. The highest BCUT2D eigenvalue weighted by Crippen LogP contribution is 2.13. The van der Waals surface area contributed by atoms with Gasteiger partial charge in [-0.05, 0) is 36.4 Å². The third-order valence-corrected chi connectivity index (χ3v) is 3.78. The Balaban J connectivity index is 2.02. The van der Waals surface area contributed by atoms with Gasteiger partial charge in [-0.1, -0.05) is 49.1 Å². The maximum Gasteiger partial charge on any atom is 0.338 e. The van der Waals surface area contributed by atoms with Crippen LogP contribution >= 0.6 is 31.9 Å². The summed E-state index contributed by atoms with van der Waals surface area (Å²) in [6, 6.07) is 14.0. The molecule has 0 bridgehead atoms. The first-order valence-corrected chi connectivity index (χ1v) is 7.58. The van der Waals surface area contributed by atoms with Crippen LogP contribution in [0.3, 0.4) is 0 Å². The predicted octanol–water partition coefficient (Wildman–Crippen LogP) is 4.25. The SMILES string of the molecule is O=C(OC/C(=N/O)c1ccc(Br)cc1)c1ccc(Br)cc1. The van der Waals surface area contributed by atoms with Gasteiger partial charge in [-0.25, -0.2) is 4.79 Å². The van der Waals surface area contributed by atoms with Gasteiger partial charge in [0.2, 0.25) is 0 Å². The lowest BCUT2D eigenvalue weighted by atomic mass is 10.1. The normalized spacial score (nSPS) is 11.2. The molecule has 0 aliphatic rings. The number of nitrogens with zero attached hydrogens (tertiary/aromatic N) is 1. The number of carbonyl (C=O) groups excluding carboxylic acids is 1. The van der Waals surface area contributed by atoms with Crippen molar-refractivity contribution < 1.29 is 14.7 Å². The second-order valence-corrected chi connectivity index (χ2v) is 5.97. The minimum Gasteiger partial charge on any atom is -0.455 e. The molecule has 0 spiro atoms. The van der Waals surface area contributed by atoms with Gasteiger partial charge in [-0.15, -0.1) is 0 Å². The molecule has 6 heteroatoms. The topological polar surface area (TPSA) is 58.9 Å². The summed E-state index contributed by atoms with van der Waals surface area (Å²) in [5.74, 6) is -0.472. The lowest BCUT2D eigenvalue weighted by Crippen LogP contribution is -2.15. The molecule has 0 amide bonds. The molecule has 0 aliphatic carbocycles. The van der Waals surface area contributed by atoms with Gasteiger partial charge in [0.25, 0.3) is 0 Å². The average Bonchev–Trinajstić information content (AvgIpc) is 2.50. The number of rotatable bonds is 4. The Bertz CT molecular complexity index is 652. The molecule has 4 nitrogen and oxygen atoms in total. The summed E-state index contributed by atoms with van der Waals surface area (Å²) < 4.78 is 6.94. The molecule has 1 N–H and O–H groups in total. The Kier molecular flexibility index (Phi) is 5.52. The largest absolute Gasteiger partial charge is 0.455 e. The van der Waals surface area contributed by atoms with Crippen molar-refractivity contribution >= 4 is 43.5 Å². The number of esters is 1. The van der Waals surface area contributed by atoms with Crippen LogP contribution in [0.4, 0.5) is 0 Å². The summed E-state index contributed by atoms with van der Waals surface area (Å²) in [7, 11) is 0. The van der Waals surface area contributed by atoms with Crippen molar-refractivity contribution in [3.63, 3.8) is 0 Å². The highest BCUT2D eigenvalue weighted by Gasteiger charge is 2.11.